The number of aryl methyl sites for hydroxylation is 2. The molecule has 82 valence electrons. The molecule has 0 saturated heterocycles. The van der Waals surface area contributed by atoms with E-state index in [1.165, 1.54) is 0 Å². The molecule has 0 saturated carbocycles. The Morgan fingerprint density at radius 1 is 1.19 bits per heavy atom. The number of hydrogen-bond donors (Lipinski definition) is 2. The smallest absolute Gasteiger partial charge is 0.253 e. The highest BCUT2D eigenvalue weighted by atomic mass is 15.1. The van der Waals surface area contributed by atoms with Crippen LogP contribution < -0.4 is 11.5 Å². The van der Waals surface area contributed by atoms with E-state index >= 15 is 0 Å². The third-order valence-electron chi connectivity index (χ3n) is 2.26. The number of benzene rings is 1. The second-order valence-corrected chi connectivity index (χ2v) is 3.67. The van der Waals surface area contributed by atoms with Crippen LogP contribution in [0.15, 0.2) is 23.2 Å². The van der Waals surface area contributed by atoms with Crippen molar-refractivity contribution in [2.24, 2.45) is 16.5 Å². The standard InChI is InChI=1S/C11H13N5/c1-6-3-4-8-7(2)14-11(16-10(12)13)15-9(8)5-6/h3-5H,1-2H3,(H4,12,13,14,15,16). The summed E-state index contributed by atoms with van der Waals surface area (Å²) in [6, 6.07) is 6.01. The summed E-state index contributed by atoms with van der Waals surface area (Å²) < 4.78 is 0. The largest absolute Gasteiger partial charge is 0.370 e. The van der Waals surface area contributed by atoms with Crippen molar-refractivity contribution >= 4 is 22.8 Å². The monoisotopic (exact) mass is 215 g/mol. The summed E-state index contributed by atoms with van der Waals surface area (Å²) in [6.45, 7) is 3.92. The maximum absolute atomic E-state index is 5.30. The first kappa shape index (κ1) is 10.4. The molecule has 5 heteroatoms. The van der Waals surface area contributed by atoms with Crippen molar-refractivity contribution < 1.29 is 0 Å². The molecule has 16 heavy (non-hydrogen) atoms. The number of aliphatic imine (C=N–C) groups is 1. The maximum atomic E-state index is 5.30. The third-order valence-corrected chi connectivity index (χ3v) is 2.26. The molecule has 0 spiro atoms. The summed E-state index contributed by atoms with van der Waals surface area (Å²) in [4.78, 5) is 12.3. The Balaban J connectivity index is 2.70. The van der Waals surface area contributed by atoms with Gasteiger partial charge in [0.15, 0.2) is 5.96 Å². The van der Waals surface area contributed by atoms with E-state index < -0.39 is 0 Å². The molecule has 2 rings (SSSR count). The van der Waals surface area contributed by atoms with Gasteiger partial charge in [0, 0.05) is 5.39 Å². The van der Waals surface area contributed by atoms with Gasteiger partial charge in [-0.1, -0.05) is 12.1 Å². The van der Waals surface area contributed by atoms with Gasteiger partial charge in [-0.05, 0) is 25.5 Å². The van der Waals surface area contributed by atoms with Gasteiger partial charge in [-0.15, -0.1) is 0 Å². The van der Waals surface area contributed by atoms with Crippen LogP contribution >= 0.6 is 0 Å². The molecule has 0 bridgehead atoms. The third kappa shape index (κ3) is 1.93. The number of aromatic nitrogens is 2. The van der Waals surface area contributed by atoms with Crippen LogP contribution in [-0.2, 0) is 0 Å². The Morgan fingerprint density at radius 2 is 1.94 bits per heavy atom. The van der Waals surface area contributed by atoms with Gasteiger partial charge in [0.2, 0.25) is 0 Å². The Kier molecular flexibility index (Phi) is 2.44. The summed E-state index contributed by atoms with van der Waals surface area (Å²) in [7, 11) is 0. The normalized spacial score (nSPS) is 10.4. The van der Waals surface area contributed by atoms with E-state index in [1.54, 1.807) is 0 Å². The Morgan fingerprint density at radius 3 is 2.62 bits per heavy atom. The van der Waals surface area contributed by atoms with Gasteiger partial charge >= 0.3 is 0 Å². The topological polar surface area (TPSA) is 90.2 Å². The van der Waals surface area contributed by atoms with Crippen LogP contribution in [0.3, 0.4) is 0 Å². The molecule has 1 heterocycles. The summed E-state index contributed by atoms with van der Waals surface area (Å²) >= 11 is 0. The molecule has 4 N–H and O–H groups in total. The summed E-state index contributed by atoms with van der Waals surface area (Å²) in [5.74, 6) is 0.266. The van der Waals surface area contributed by atoms with Gasteiger partial charge < -0.3 is 11.5 Å². The number of nitrogens with zero attached hydrogens (tertiary/aromatic N) is 3. The lowest BCUT2D eigenvalue weighted by molar-refractivity contribution is 1.12. The van der Waals surface area contributed by atoms with Crippen LogP contribution in [0, 0.1) is 13.8 Å². The quantitative estimate of drug-likeness (QED) is 0.551. The Labute approximate surface area is 93.2 Å². The van der Waals surface area contributed by atoms with Crippen LogP contribution in [0.1, 0.15) is 11.3 Å². The number of guanidine groups is 1. The van der Waals surface area contributed by atoms with E-state index in [-0.39, 0.29) is 5.96 Å². The fourth-order valence-electron chi connectivity index (χ4n) is 1.55. The molecule has 5 nitrogen and oxygen atoms in total. The molecular formula is C11H13N5. The van der Waals surface area contributed by atoms with Crippen molar-refractivity contribution in [1.82, 2.24) is 9.97 Å². The van der Waals surface area contributed by atoms with Crippen molar-refractivity contribution in [2.75, 3.05) is 0 Å². The average Bonchev–Trinajstić information content (AvgIpc) is 2.15. The van der Waals surface area contributed by atoms with Crippen molar-refractivity contribution in [3.63, 3.8) is 0 Å². The first-order chi connectivity index (χ1) is 7.56. The van der Waals surface area contributed by atoms with E-state index in [9.17, 15) is 0 Å². The second-order valence-electron chi connectivity index (χ2n) is 3.67. The minimum Gasteiger partial charge on any atom is -0.370 e. The van der Waals surface area contributed by atoms with Gasteiger partial charge in [-0.3, -0.25) is 0 Å². The molecule has 0 radical (unpaired) electrons. The van der Waals surface area contributed by atoms with Gasteiger partial charge in [0.25, 0.3) is 5.95 Å². The summed E-state index contributed by atoms with van der Waals surface area (Å²) in [5.41, 5.74) is 13.5. The molecule has 1 aromatic carbocycles. The van der Waals surface area contributed by atoms with Crippen molar-refractivity contribution in [1.29, 1.82) is 0 Å². The highest BCUT2D eigenvalue weighted by Crippen LogP contribution is 2.19. The predicted octanol–water partition coefficient (Wildman–Crippen LogP) is 1.15. The first-order valence-electron chi connectivity index (χ1n) is 4.91. The lowest BCUT2D eigenvalue weighted by Gasteiger charge is -2.03. The molecule has 0 aliphatic rings. The van der Waals surface area contributed by atoms with Crippen LogP contribution in [0.5, 0.6) is 0 Å². The highest BCUT2D eigenvalue weighted by molar-refractivity contribution is 5.83. The van der Waals surface area contributed by atoms with E-state index in [0.29, 0.717) is 5.95 Å². The zero-order valence-electron chi connectivity index (χ0n) is 9.23. The fraction of sp³-hybridized carbons (Fsp3) is 0.182. The van der Waals surface area contributed by atoms with Gasteiger partial charge in [-0.25, -0.2) is 9.97 Å². The molecule has 1 aromatic heterocycles. The second kappa shape index (κ2) is 3.77. The molecule has 0 atom stereocenters. The Bertz CT molecular complexity index is 570. The minimum absolute atomic E-state index is 0.0357. The molecule has 0 aliphatic heterocycles. The SMILES string of the molecule is Cc1ccc2c(C)nc(N=C(N)N)nc2c1. The van der Waals surface area contributed by atoms with Gasteiger partial charge in [0.05, 0.1) is 11.2 Å². The lowest BCUT2D eigenvalue weighted by Crippen LogP contribution is -2.22. The van der Waals surface area contributed by atoms with E-state index in [1.807, 2.05) is 32.0 Å². The average molecular weight is 215 g/mol. The predicted molar refractivity (Wildman–Crippen MR) is 64.5 cm³/mol. The van der Waals surface area contributed by atoms with Gasteiger partial charge in [-0.2, -0.15) is 4.99 Å². The number of nitrogens with two attached hydrogens (primary N) is 2. The summed E-state index contributed by atoms with van der Waals surface area (Å²) in [6.07, 6.45) is 0. The van der Waals surface area contributed by atoms with E-state index in [2.05, 4.69) is 15.0 Å². The molecular weight excluding hydrogens is 202 g/mol. The number of rotatable bonds is 1. The zero-order valence-corrected chi connectivity index (χ0v) is 9.23. The number of fused-ring (bicyclic) bond motifs is 1. The maximum Gasteiger partial charge on any atom is 0.253 e. The van der Waals surface area contributed by atoms with Crippen LogP contribution in [0.2, 0.25) is 0 Å². The lowest BCUT2D eigenvalue weighted by atomic mass is 10.1. The van der Waals surface area contributed by atoms with E-state index in [0.717, 1.165) is 22.2 Å². The minimum atomic E-state index is -0.0357. The molecule has 0 amide bonds. The highest BCUT2D eigenvalue weighted by Gasteiger charge is 2.03. The molecule has 0 aliphatic carbocycles. The van der Waals surface area contributed by atoms with Gasteiger partial charge in [0.1, 0.15) is 0 Å². The first-order valence-corrected chi connectivity index (χ1v) is 4.91. The zero-order chi connectivity index (χ0) is 11.7. The van der Waals surface area contributed by atoms with Crippen molar-refractivity contribution in [3.8, 4) is 0 Å². The Hall–Kier alpha value is -2.17. The molecule has 0 fully saturated rings. The summed E-state index contributed by atoms with van der Waals surface area (Å²) in [5, 5.41) is 1.01. The van der Waals surface area contributed by atoms with Crippen LogP contribution in [-0.4, -0.2) is 15.9 Å². The number of hydrogen-bond acceptors (Lipinski definition) is 3. The van der Waals surface area contributed by atoms with Crippen molar-refractivity contribution in [3.05, 3.63) is 29.5 Å². The molecule has 0 unspecified atom stereocenters. The molecule has 2 aromatic rings. The van der Waals surface area contributed by atoms with Crippen LogP contribution in [0.4, 0.5) is 5.95 Å². The van der Waals surface area contributed by atoms with Crippen molar-refractivity contribution in [2.45, 2.75) is 13.8 Å². The van der Waals surface area contributed by atoms with E-state index in [4.69, 9.17) is 11.5 Å². The fourth-order valence-corrected chi connectivity index (χ4v) is 1.55. The van der Waals surface area contributed by atoms with Crippen LogP contribution in [0.25, 0.3) is 10.9 Å².